The molecule has 7 nitrogen and oxygen atoms in total. The van der Waals surface area contributed by atoms with E-state index in [1.54, 1.807) is 29.0 Å². The van der Waals surface area contributed by atoms with Gasteiger partial charge < -0.3 is 23.5 Å². The van der Waals surface area contributed by atoms with E-state index >= 15 is 0 Å². The molecule has 0 atom stereocenters. The van der Waals surface area contributed by atoms with Crippen LogP contribution in [0, 0.1) is 13.8 Å². The van der Waals surface area contributed by atoms with Crippen LogP contribution in [0.15, 0.2) is 61.2 Å². The molecular formula is C22H21LiN6O-2. The van der Waals surface area contributed by atoms with E-state index in [4.69, 9.17) is 0 Å². The summed E-state index contributed by atoms with van der Waals surface area (Å²) >= 11 is 0. The smallest absolute Gasteiger partial charge is 0.376 e. The Morgan fingerprint density at radius 2 is 1.70 bits per heavy atom. The van der Waals surface area contributed by atoms with E-state index < -0.39 is 0 Å². The van der Waals surface area contributed by atoms with Gasteiger partial charge in [-0.3, -0.25) is 4.98 Å². The van der Waals surface area contributed by atoms with Gasteiger partial charge in [-0.1, -0.05) is 0 Å². The quantitative estimate of drug-likeness (QED) is 0.349. The van der Waals surface area contributed by atoms with Crippen molar-refractivity contribution in [3.8, 4) is 22.5 Å². The fraction of sp³-hybridized carbons (Fsp3) is 0.136. The monoisotopic (exact) mass is 392 g/mol. The van der Waals surface area contributed by atoms with Crippen molar-refractivity contribution in [2.45, 2.75) is 0 Å². The molecule has 1 aromatic carbocycles. The topological polar surface area (TPSA) is 76.3 Å². The van der Waals surface area contributed by atoms with Gasteiger partial charge in [0.1, 0.15) is 6.33 Å². The third kappa shape index (κ3) is 5.61. The van der Waals surface area contributed by atoms with E-state index in [-0.39, 0.29) is 18.9 Å². The first-order valence-electron chi connectivity index (χ1n) is 9.03. The maximum atomic E-state index is 10.7. The van der Waals surface area contributed by atoms with Crippen LogP contribution in [0.25, 0.3) is 28.3 Å². The van der Waals surface area contributed by atoms with Gasteiger partial charge in [0, 0.05) is 18.0 Å². The Balaban J connectivity index is 0.000000405. The summed E-state index contributed by atoms with van der Waals surface area (Å²) in [6.07, 6.45) is 6.80. The molecular weight excluding hydrogens is 371 g/mol. The largest absolute Gasteiger partial charge is 1.00 e. The first-order chi connectivity index (χ1) is 14.2. The number of pyridine rings is 1. The number of fused-ring (bicyclic) bond motifs is 1. The first kappa shape index (κ1) is 23.4. The fourth-order valence-corrected chi connectivity index (χ4v) is 2.51. The average molecular weight is 392 g/mol. The Bertz CT molecular complexity index is 1060. The van der Waals surface area contributed by atoms with Gasteiger partial charge in [-0.25, -0.2) is 4.98 Å². The van der Waals surface area contributed by atoms with Gasteiger partial charge in [0.05, 0.1) is 17.7 Å². The van der Waals surface area contributed by atoms with E-state index in [1.807, 2.05) is 48.6 Å². The Kier molecular flexibility index (Phi) is 8.87. The molecule has 3 aromatic heterocycles. The molecule has 4 aromatic rings. The van der Waals surface area contributed by atoms with Crippen LogP contribution in [0.4, 0.5) is 0 Å². The zero-order valence-corrected chi connectivity index (χ0v) is 17.2. The van der Waals surface area contributed by atoms with Crippen LogP contribution in [-0.4, -0.2) is 55.9 Å². The van der Waals surface area contributed by atoms with Gasteiger partial charge in [0.25, 0.3) is 5.78 Å². The third-order valence-corrected chi connectivity index (χ3v) is 4.29. The van der Waals surface area contributed by atoms with Crippen LogP contribution in [0.3, 0.4) is 0 Å². The van der Waals surface area contributed by atoms with E-state index in [2.05, 4.69) is 33.9 Å². The number of hydrogen-bond donors (Lipinski definition) is 0. The zero-order valence-electron chi connectivity index (χ0n) is 17.2. The van der Waals surface area contributed by atoms with Crippen LogP contribution < -0.4 is 18.9 Å². The predicted molar refractivity (Wildman–Crippen MR) is 112 cm³/mol. The summed E-state index contributed by atoms with van der Waals surface area (Å²) in [5.74, 6) is 0.514. The number of benzene rings is 1. The SMILES string of the molecule is O=[C-]c1ccc(-c2cc(-c3ccncc3)n3ncnc3n2)cc1.[CH2-]CN(C)C[CH2-].[Li+]. The molecule has 0 saturated carbocycles. The summed E-state index contributed by atoms with van der Waals surface area (Å²) in [6.45, 7) is 8.99. The molecule has 0 aliphatic carbocycles. The van der Waals surface area contributed by atoms with E-state index in [9.17, 15) is 4.79 Å². The number of aromatic nitrogens is 5. The summed E-state index contributed by atoms with van der Waals surface area (Å²) in [7, 11) is 1.99. The van der Waals surface area contributed by atoms with Gasteiger partial charge in [-0.15, -0.1) is 25.2 Å². The maximum Gasteiger partial charge on any atom is 1.00 e. The molecule has 0 fully saturated rings. The summed E-state index contributed by atoms with van der Waals surface area (Å²) in [5, 5.41) is 4.23. The summed E-state index contributed by atoms with van der Waals surface area (Å²) in [4.78, 5) is 25.4. The molecule has 8 heteroatoms. The molecule has 0 amide bonds. The summed E-state index contributed by atoms with van der Waals surface area (Å²) < 4.78 is 1.69. The van der Waals surface area contributed by atoms with E-state index in [0.717, 1.165) is 35.6 Å². The summed E-state index contributed by atoms with van der Waals surface area (Å²) in [5.41, 5.74) is 4.00. The Morgan fingerprint density at radius 3 is 2.27 bits per heavy atom. The molecule has 4 rings (SSSR count). The maximum absolute atomic E-state index is 10.7. The molecule has 0 unspecified atom stereocenters. The predicted octanol–water partition coefficient (Wildman–Crippen LogP) is -0.0985. The van der Waals surface area contributed by atoms with Gasteiger partial charge >= 0.3 is 18.9 Å². The number of carbonyl (C=O) groups excluding carboxylic acids is 1. The van der Waals surface area contributed by atoms with Crippen molar-refractivity contribution in [2.24, 2.45) is 0 Å². The van der Waals surface area contributed by atoms with Crippen LogP contribution in [0.1, 0.15) is 5.56 Å². The Labute approximate surface area is 188 Å². The minimum atomic E-state index is 0. The van der Waals surface area contributed by atoms with Crippen molar-refractivity contribution < 1.29 is 23.7 Å². The van der Waals surface area contributed by atoms with Crippen molar-refractivity contribution in [3.63, 3.8) is 0 Å². The third-order valence-electron chi connectivity index (χ3n) is 4.29. The van der Waals surface area contributed by atoms with Crippen LogP contribution >= 0.6 is 0 Å². The van der Waals surface area contributed by atoms with Crippen LogP contribution in [0.5, 0.6) is 0 Å². The molecule has 0 radical (unpaired) electrons. The Hall–Kier alpha value is -2.85. The van der Waals surface area contributed by atoms with Crippen molar-refractivity contribution in [2.75, 3.05) is 20.1 Å². The standard InChI is InChI=1S/C17H10N5O.C5H11N.Li/c23-10-12-1-3-13(4-2-12)15-9-16(14-5-7-18-8-6-14)22-17(21-15)19-11-20-22;1-4-6(3)5-2;/h1-9,11H;1-2,4-5H2,3H3;/q-1;-2;+1. The number of rotatable bonds is 5. The molecule has 30 heavy (non-hydrogen) atoms. The second kappa shape index (κ2) is 11.4. The summed E-state index contributed by atoms with van der Waals surface area (Å²) in [6, 6.07) is 12.9. The van der Waals surface area contributed by atoms with Gasteiger partial charge in [-0.2, -0.15) is 32.3 Å². The number of nitrogens with zero attached hydrogens (tertiary/aromatic N) is 6. The molecule has 148 valence electrons. The molecule has 0 bridgehead atoms. The van der Waals surface area contributed by atoms with Crippen LogP contribution in [-0.2, 0) is 4.79 Å². The molecule has 0 saturated heterocycles. The molecule has 3 heterocycles. The van der Waals surface area contributed by atoms with Gasteiger partial charge in [0.2, 0.25) is 0 Å². The second-order valence-corrected chi connectivity index (χ2v) is 6.22. The van der Waals surface area contributed by atoms with Gasteiger partial charge in [0.15, 0.2) is 0 Å². The Morgan fingerprint density at radius 1 is 1.03 bits per heavy atom. The van der Waals surface area contributed by atoms with Crippen molar-refractivity contribution >= 4 is 12.1 Å². The normalized spacial score (nSPS) is 10.3. The van der Waals surface area contributed by atoms with Gasteiger partial charge in [-0.05, 0) is 30.8 Å². The van der Waals surface area contributed by atoms with E-state index in [1.165, 1.54) is 6.33 Å². The van der Waals surface area contributed by atoms with Crippen molar-refractivity contribution in [3.05, 3.63) is 80.6 Å². The van der Waals surface area contributed by atoms with Crippen molar-refractivity contribution in [1.82, 2.24) is 29.5 Å². The zero-order chi connectivity index (χ0) is 20.6. The molecule has 0 aliphatic heterocycles. The molecule has 0 N–H and O–H groups in total. The van der Waals surface area contributed by atoms with Crippen LogP contribution in [0.2, 0.25) is 0 Å². The van der Waals surface area contributed by atoms with Crippen molar-refractivity contribution in [1.29, 1.82) is 0 Å². The number of hydrogen-bond acceptors (Lipinski definition) is 6. The fourth-order valence-electron chi connectivity index (χ4n) is 2.51. The molecule has 0 spiro atoms. The first-order valence-corrected chi connectivity index (χ1v) is 9.03. The average Bonchev–Trinajstić information content (AvgIpc) is 3.27. The second-order valence-electron chi connectivity index (χ2n) is 6.22. The molecule has 0 aliphatic rings. The minimum absolute atomic E-state index is 0. The minimum Gasteiger partial charge on any atom is -0.376 e. The van der Waals surface area contributed by atoms with E-state index in [0.29, 0.717) is 11.3 Å².